The molecule has 0 radical (unpaired) electrons. The molecule has 1 atom stereocenters. The molecule has 1 aromatic heterocycles. The number of alkyl halides is 3. The van der Waals surface area contributed by atoms with Crippen molar-refractivity contribution in [1.82, 2.24) is 14.9 Å². The molecule has 128 valence electrons. The van der Waals surface area contributed by atoms with Crippen LogP contribution in [0.3, 0.4) is 0 Å². The zero-order valence-corrected chi connectivity index (χ0v) is 12.3. The summed E-state index contributed by atoms with van der Waals surface area (Å²) < 4.78 is 40.7. The Morgan fingerprint density at radius 1 is 1.35 bits per heavy atom. The van der Waals surface area contributed by atoms with Gasteiger partial charge in [0.25, 0.3) is 0 Å². The number of nitrogens with zero attached hydrogens (tertiary/aromatic N) is 2. The summed E-state index contributed by atoms with van der Waals surface area (Å²) in [4.78, 5) is 26.4. The zero-order chi connectivity index (χ0) is 17.0. The normalized spacial score (nSPS) is 17.7. The molecule has 9 heteroatoms. The molecule has 1 aliphatic rings. The molecule has 23 heavy (non-hydrogen) atoms. The molecule has 1 unspecified atom stereocenters. The molecule has 1 aromatic rings. The Hall–Kier alpha value is -2.06. The van der Waals surface area contributed by atoms with Crippen molar-refractivity contribution in [2.24, 2.45) is 5.92 Å². The van der Waals surface area contributed by atoms with Crippen molar-refractivity contribution < 1.29 is 27.9 Å². The number of carbonyl (C=O) groups is 2. The van der Waals surface area contributed by atoms with Gasteiger partial charge in [-0.3, -0.25) is 4.79 Å². The van der Waals surface area contributed by atoms with Crippen molar-refractivity contribution in [3.05, 3.63) is 18.2 Å². The number of halogens is 3. The van der Waals surface area contributed by atoms with Crippen LogP contribution in [0.2, 0.25) is 0 Å². The second kappa shape index (κ2) is 7.01. The van der Waals surface area contributed by atoms with Crippen LogP contribution in [0, 0.1) is 5.92 Å². The fourth-order valence-electron chi connectivity index (χ4n) is 2.93. The predicted molar refractivity (Wildman–Crippen MR) is 73.7 cm³/mol. The Morgan fingerprint density at radius 2 is 2.00 bits per heavy atom. The lowest BCUT2D eigenvalue weighted by Crippen LogP contribution is -2.51. The first-order valence-corrected chi connectivity index (χ1v) is 7.38. The van der Waals surface area contributed by atoms with E-state index in [9.17, 15) is 22.8 Å². The number of nitrogens with one attached hydrogen (secondary N) is 1. The van der Waals surface area contributed by atoms with Crippen molar-refractivity contribution in [3.8, 4) is 0 Å². The van der Waals surface area contributed by atoms with Crippen LogP contribution in [-0.2, 0) is 11.3 Å². The minimum atomic E-state index is -4.53. The van der Waals surface area contributed by atoms with Crippen molar-refractivity contribution in [2.75, 3.05) is 0 Å². The number of aromatic nitrogens is 2. The van der Waals surface area contributed by atoms with Gasteiger partial charge < -0.3 is 15.0 Å². The van der Waals surface area contributed by atoms with Gasteiger partial charge in [0, 0.05) is 0 Å². The number of aromatic carboxylic acids is 1. The van der Waals surface area contributed by atoms with Gasteiger partial charge in [0.1, 0.15) is 18.3 Å². The molecule has 1 fully saturated rings. The third-order valence-electron chi connectivity index (χ3n) is 4.04. The number of carbonyl (C=O) groups excluding carboxylic acids is 1. The third-order valence-corrected chi connectivity index (χ3v) is 4.04. The fourth-order valence-corrected chi connectivity index (χ4v) is 2.93. The Bertz CT molecular complexity index is 565. The average Bonchev–Trinajstić information content (AvgIpc) is 2.93. The molecule has 0 aromatic carbocycles. The molecule has 1 amide bonds. The van der Waals surface area contributed by atoms with Crippen LogP contribution in [0.4, 0.5) is 13.2 Å². The largest absolute Gasteiger partial charge is 0.477 e. The first kappa shape index (κ1) is 17.3. The van der Waals surface area contributed by atoms with E-state index >= 15 is 0 Å². The molecular weight excluding hydrogens is 315 g/mol. The van der Waals surface area contributed by atoms with E-state index in [2.05, 4.69) is 4.98 Å². The SMILES string of the molecule is O=C(Cn1cncc1C(=O)O)NC(C1CCCCC1)C(F)(F)F. The molecule has 1 aliphatic carbocycles. The van der Waals surface area contributed by atoms with Gasteiger partial charge in [-0.25, -0.2) is 9.78 Å². The lowest BCUT2D eigenvalue weighted by atomic mass is 9.83. The predicted octanol–water partition coefficient (Wildman–Crippen LogP) is 2.21. The molecule has 6 nitrogen and oxygen atoms in total. The quantitative estimate of drug-likeness (QED) is 0.865. The van der Waals surface area contributed by atoms with Gasteiger partial charge in [0.05, 0.1) is 12.5 Å². The number of rotatable bonds is 5. The highest BCUT2D eigenvalue weighted by Crippen LogP contribution is 2.34. The van der Waals surface area contributed by atoms with Gasteiger partial charge in [0.2, 0.25) is 5.91 Å². The van der Waals surface area contributed by atoms with Gasteiger partial charge in [-0.05, 0) is 18.8 Å². The maximum Gasteiger partial charge on any atom is 0.408 e. The van der Waals surface area contributed by atoms with Crippen LogP contribution < -0.4 is 5.32 Å². The lowest BCUT2D eigenvalue weighted by molar-refractivity contribution is -0.174. The van der Waals surface area contributed by atoms with Crippen LogP contribution in [0.25, 0.3) is 0 Å². The van der Waals surface area contributed by atoms with Gasteiger partial charge >= 0.3 is 12.1 Å². The molecule has 1 saturated carbocycles. The number of hydrogen-bond acceptors (Lipinski definition) is 3. The van der Waals surface area contributed by atoms with E-state index in [-0.39, 0.29) is 5.69 Å². The van der Waals surface area contributed by atoms with Gasteiger partial charge in [0.15, 0.2) is 0 Å². The number of hydrogen-bond donors (Lipinski definition) is 2. The summed E-state index contributed by atoms with van der Waals surface area (Å²) in [6.07, 6.45) is 0.819. The van der Waals surface area contributed by atoms with E-state index in [1.165, 1.54) is 0 Å². The zero-order valence-electron chi connectivity index (χ0n) is 12.3. The second-order valence-electron chi connectivity index (χ2n) is 5.70. The van der Waals surface area contributed by atoms with E-state index in [0.717, 1.165) is 36.4 Å². The molecule has 0 bridgehead atoms. The standard InChI is InChI=1S/C14H18F3N3O3/c15-14(16,17)12(9-4-2-1-3-5-9)19-11(21)7-20-8-18-6-10(20)13(22)23/h6,8-9,12H,1-5,7H2,(H,19,21)(H,22,23). The molecule has 1 heterocycles. The topological polar surface area (TPSA) is 84.2 Å². The van der Waals surface area contributed by atoms with E-state index in [1.54, 1.807) is 0 Å². The van der Waals surface area contributed by atoms with Crippen LogP contribution >= 0.6 is 0 Å². The van der Waals surface area contributed by atoms with Crippen molar-refractivity contribution in [2.45, 2.75) is 50.9 Å². The summed E-state index contributed by atoms with van der Waals surface area (Å²) in [6, 6.07) is -1.90. The number of carboxylic acids is 1. The molecule has 2 N–H and O–H groups in total. The van der Waals surface area contributed by atoms with Crippen molar-refractivity contribution >= 4 is 11.9 Å². The van der Waals surface area contributed by atoms with Crippen LogP contribution in [-0.4, -0.2) is 38.8 Å². The molecule has 0 saturated heterocycles. The van der Waals surface area contributed by atoms with Gasteiger partial charge in [-0.2, -0.15) is 13.2 Å². The molecule has 0 aliphatic heterocycles. The van der Waals surface area contributed by atoms with E-state index in [4.69, 9.17) is 5.11 Å². The minimum absolute atomic E-state index is 0.249. The Labute approximate surface area is 130 Å². The summed E-state index contributed by atoms with van der Waals surface area (Å²) in [7, 11) is 0. The summed E-state index contributed by atoms with van der Waals surface area (Å²) in [5, 5.41) is 10.9. The summed E-state index contributed by atoms with van der Waals surface area (Å²) >= 11 is 0. The summed E-state index contributed by atoms with van der Waals surface area (Å²) in [5.41, 5.74) is -0.249. The summed E-state index contributed by atoms with van der Waals surface area (Å²) in [6.45, 7) is -0.513. The third kappa shape index (κ3) is 4.46. The highest BCUT2D eigenvalue weighted by atomic mass is 19.4. The Morgan fingerprint density at radius 3 is 2.57 bits per heavy atom. The van der Waals surface area contributed by atoms with Crippen LogP contribution in [0.1, 0.15) is 42.6 Å². The smallest absolute Gasteiger partial charge is 0.408 e. The van der Waals surface area contributed by atoms with Crippen LogP contribution in [0.5, 0.6) is 0 Å². The maximum absolute atomic E-state index is 13.2. The number of imidazole rings is 1. The molecular formula is C14H18F3N3O3. The van der Waals surface area contributed by atoms with Crippen LogP contribution in [0.15, 0.2) is 12.5 Å². The first-order valence-electron chi connectivity index (χ1n) is 7.38. The summed E-state index contributed by atoms with van der Waals surface area (Å²) in [5.74, 6) is -2.80. The fraction of sp³-hybridized carbons (Fsp3) is 0.643. The maximum atomic E-state index is 13.2. The average molecular weight is 333 g/mol. The lowest BCUT2D eigenvalue weighted by Gasteiger charge is -2.32. The molecule has 0 spiro atoms. The van der Waals surface area contributed by atoms with Crippen molar-refractivity contribution in [3.63, 3.8) is 0 Å². The Balaban J connectivity index is 2.05. The van der Waals surface area contributed by atoms with Gasteiger partial charge in [-0.1, -0.05) is 19.3 Å². The van der Waals surface area contributed by atoms with E-state index < -0.39 is 36.6 Å². The van der Waals surface area contributed by atoms with E-state index in [1.807, 2.05) is 5.32 Å². The Kier molecular flexibility index (Phi) is 5.27. The van der Waals surface area contributed by atoms with E-state index in [0.29, 0.717) is 12.8 Å². The highest BCUT2D eigenvalue weighted by Gasteiger charge is 2.45. The number of amides is 1. The first-order chi connectivity index (χ1) is 10.8. The molecule has 2 rings (SSSR count). The highest BCUT2D eigenvalue weighted by molar-refractivity contribution is 5.86. The minimum Gasteiger partial charge on any atom is -0.477 e. The second-order valence-corrected chi connectivity index (χ2v) is 5.70. The van der Waals surface area contributed by atoms with Crippen molar-refractivity contribution in [1.29, 1.82) is 0 Å². The monoisotopic (exact) mass is 333 g/mol. The number of carboxylic acid groups (broad SMARTS) is 1. The van der Waals surface area contributed by atoms with Gasteiger partial charge in [-0.15, -0.1) is 0 Å².